The first-order chi connectivity index (χ1) is 3.84. The van der Waals surface area contributed by atoms with E-state index in [4.69, 9.17) is 5.73 Å². The van der Waals surface area contributed by atoms with Crippen LogP contribution in [0, 0.1) is 0 Å². The molecule has 0 aliphatic carbocycles. The van der Waals surface area contributed by atoms with Gasteiger partial charge in [0.05, 0.1) is 0 Å². The van der Waals surface area contributed by atoms with E-state index < -0.39 is 0 Å². The van der Waals surface area contributed by atoms with E-state index >= 15 is 0 Å². The van der Waals surface area contributed by atoms with Gasteiger partial charge in [0.25, 0.3) is 0 Å². The van der Waals surface area contributed by atoms with Crippen LogP contribution in [0.1, 0.15) is 12.8 Å². The summed E-state index contributed by atoms with van der Waals surface area (Å²) in [5.74, 6) is 0. The topological polar surface area (TPSA) is 29.3 Å². The molecule has 1 heterocycles. The van der Waals surface area contributed by atoms with Gasteiger partial charge in [0.2, 0.25) is 0 Å². The molecule has 0 unspecified atom stereocenters. The maximum Gasteiger partial charge on any atom is 0.0288 e. The number of hydrogen-bond donors (Lipinski definition) is 1. The Morgan fingerprint density at radius 1 is 1.75 bits per heavy atom. The lowest BCUT2D eigenvalue weighted by Crippen LogP contribution is -2.10. The van der Waals surface area contributed by atoms with Gasteiger partial charge in [-0.15, -0.1) is 0 Å². The highest BCUT2D eigenvalue weighted by atomic mass is 15.1. The number of allylic oxidation sites excluding steroid dienone is 1. The monoisotopic (exact) mass is 112 g/mol. The fourth-order valence-electron chi connectivity index (χ4n) is 1.04. The fraction of sp³-hybridized carbons (Fsp3) is 0.667. The molecule has 0 aromatic heterocycles. The Hall–Kier alpha value is -0.660. The van der Waals surface area contributed by atoms with Crippen LogP contribution in [-0.2, 0) is 0 Å². The van der Waals surface area contributed by atoms with Crippen molar-refractivity contribution < 1.29 is 0 Å². The Labute approximate surface area is 50.0 Å². The summed E-state index contributed by atoms with van der Waals surface area (Å²) in [5, 5.41) is 0. The second kappa shape index (κ2) is 2.07. The van der Waals surface area contributed by atoms with E-state index in [0.717, 1.165) is 6.42 Å². The maximum absolute atomic E-state index is 5.32. The summed E-state index contributed by atoms with van der Waals surface area (Å²) in [4.78, 5) is 2.19. The normalized spacial score (nSPS) is 25.1. The van der Waals surface area contributed by atoms with Crippen LogP contribution < -0.4 is 5.73 Å². The minimum atomic E-state index is 1.16. The zero-order valence-electron chi connectivity index (χ0n) is 5.22. The molecule has 0 amide bonds. The van der Waals surface area contributed by atoms with E-state index in [1.54, 1.807) is 6.20 Å². The smallest absolute Gasteiger partial charge is 0.0288 e. The van der Waals surface area contributed by atoms with Crippen LogP contribution in [0.3, 0.4) is 0 Å². The van der Waals surface area contributed by atoms with Crippen molar-refractivity contribution in [2.75, 3.05) is 13.6 Å². The first-order valence-electron chi connectivity index (χ1n) is 2.96. The molecule has 2 nitrogen and oxygen atoms in total. The van der Waals surface area contributed by atoms with Crippen molar-refractivity contribution in [3.63, 3.8) is 0 Å². The molecule has 0 radical (unpaired) electrons. The Bertz CT molecular complexity index is 107. The summed E-state index contributed by atoms with van der Waals surface area (Å²) in [6, 6.07) is 0. The molecule has 0 aromatic carbocycles. The molecule has 0 atom stereocenters. The molecular formula is C6H12N2. The van der Waals surface area contributed by atoms with E-state index in [0.29, 0.717) is 0 Å². The predicted molar refractivity (Wildman–Crippen MR) is 34.1 cm³/mol. The Kier molecular flexibility index (Phi) is 1.42. The quantitative estimate of drug-likeness (QED) is 0.494. The molecule has 0 spiro atoms. The minimum Gasteiger partial charge on any atom is -0.403 e. The van der Waals surface area contributed by atoms with E-state index in [2.05, 4.69) is 11.9 Å². The standard InChI is InChI=1S/C6H12N2/c1-8-4-2-3-6(8)5-7/h5H,2-4,7H2,1H3/b6-5-. The molecule has 1 fully saturated rings. The van der Waals surface area contributed by atoms with Crippen molar-refractivity contribution in [3.8, 4) is 0 Å². The van der Waals surface area contributed by atoms with E-state index in [9.17, 15) is 0 Å². The summed E-state index contributed by atoms with van der Waals surface area (Å²) in [7, 11) is 2.08. The van der Waals surface area contributed by atoms with Gasteiger partial charge in [0, 0.05) is 25.5 Å². The van der Waals surface area contributed by atoms with Gasteiger partial charge in [-0.2, -0.15) is 0 Å². The van der Waals surface area contributed by atoms with Crippen LogP contribution in [0.25, 0.3) is 0 Å². The Morgan fingerprint density at radius 3 is 2.75 bits per heavy atom. The van der Waals surface area contributed by atoms with E-state index in [-0.39, 0.29) is 0 Å². The molecule has 0 bridgehead atoms. The third-order valence-corrected chi connectivity index (χ3v) is 1.61. The number of nitrogens with zero attached hydrogens (tertiary/aromatic N) is 1. The molecule has 8 heavy (non-hydrogen) atoms. The average molecular weight is 112 g/mol. The van der Waals surface area contributed by atoms with Gasteiger partial charge < -0.3 is 10.6 Å². The molecule has 0 saturated carbocycles. The molecule has 0 aromatic rings. The molecule has 2 N–H and O–H groups in total. The second-order valence-corrected chi connectivity index (χ2v) is 2.18. The largest absolute Gasteiger partial charge is 0.403 e. The highest BCUT2D eigenvalue weighted by molar-refractivity contribution is 5.01. The molecule has 2 heteroatoms. The van der Waals surface area contributed by atoms with Crippen molar-refractivity contribution in [2.24, 2.45) is 5.73 Å². The van der Waals surface area contributed by atoms with Gasteiger partial charge in [-0.25, -0.2) is 0 Å². The van der Waals surface area contributed by atoms with Gasteiger partial charge in [-0.3, -0.25) is 0 Å². The zero-order valence-corrected chi connectivity index (χ0v) is 5.22. The third-order valence-electron chi connectivity index (χ3n) is 1.61. The highest BCUT2D eigenvalue weighted by Crippen LogP contribution is 2.16. The van der Waals surface area contributed by atoms with Crippen molar-refractivity contribution >= 4 is 0 Å². The molecule has 46 valence electrons. The molecule has 1 saturated heterocycles. The van der Waals surface area contributed by atoms with Crippen LogP contribution in [0.2, 0.25) is 0 Å². The van der Waals surface area contributed by atoms with Crippen LogP contribution in [-0.4, -0.2) is 18.5 Å². The third kappa shape index (κ3) is 0.782. The van der Waals surface area contributed by atoms with Gasteiger partial charge >= 0.3 is 0 Å². The summed E-state index contributed by atoms with van der Waals surface area (Å²) in [6.45, 7) is 1.17. The van der Waals surface area contributed by atoms with Gasteiger partial charge in [-0.1, -0.05) is 0 Å². The van der Waals surface area contributed by atoms with Crippen molar-refractivity contribution in [3.05, 3.63) is 11.9 Å². The molecule has 1 aliphatic heterocycles. The average Bonchev–Trinajstić information content (AvgIpc) is 2.14. The maximum atomic E-state index is 5.32. The van der Waals surface area contributed by atoms with Crippen molar-refractivity contribution in [1.29, 1.82) is 0 Å². The summed E-state index contributed by atoms with van der Waals surface area (Å²) >= 11 is 0. The summed E-state index contributed by atoms with van der Waals surface area (Å²) in [5.41, 5.74) is 6.60. The molecular weight excluding hydrogens is 100 g/mol. The number of hydrogen-bond acceptors (Lipinski definition) is 2. The zero-order chi connectivity index (χ0) is 5.98. The lowest BCUT2D eigenvalue weighted by atomic mass is 10.3. The van der Waals surface area contributed by atoms with Crippen molar-refractivity contribution in [2.45, 2.75) is 12.8 Å². The Balaban J connectivity index is 2.55. The number of likely N-dealkylation sites (tertiary alicyclic amines) is 1. The summed E-state index contributed by atoms with van der Waals surface area (Å²) in [6.07, 6.45) is 4.12. The van der Waals surface area contributed by atoms with Gasteiger partial charge in [-0.05, 0) is 12.8 Å². The van der Waals surface area contributed by atoms with Crippen LogP contribution >= 0.6 is 0 Å². The van der Waals surface area contributed by atoms with Crippen LogP contribution in [0.15, 0.2) is 11.9 Å². The highest BCUT2D eigenvalue weighted by Gasteiger charge is 2.10. The molecule has 1 aliphatic rings. The summed E-state index contributed by atoms with van der Waals surface area (Å²) < 4.78 is 0. The SMILES string of the molecule is CN1CCC/C1=C/N. The first-order valence-corrected chi connectivity index (χ1v) is 2.96. The lowest BCUT2D eigenvalue weighted by molar-refractivity contribution is 0.480. The second-order valence-electron chi connectivity index (χ2n) is 2.18. The van der Waals surface area contributed by atoms with E-state index in [1.807, 2.05) is 0 Å². The van der Waals surface area contributed by atoms with Gasteiger partial charge in [0.1, 0.15) is 0 Å². The van der Waals surface area contributed by atoms with Crippen LogP contribution in [0.4, 0.5) is 0 Å². The predicted octanol–water partition coefficient (Wildman–Crippen LogP) is 0.512. The first kappa shape index (κ1) is 5.48. The number of nitrogens with two attached hydrogens (primary N) is 1. The minimum absolute atomic E-state index is 1.16. The fourth-order valence-corrected chi connectivity index (χ4v) is 1.04. The van der Waals surface area contributed by atoms with E-state index in [1.165, 1.54) is 18.7 Å². The van der Waals surface area contributed by atoms with Gasteiger partial charge in [0.15, 0.2) is 0 Å². The van der Waals surface area contributed by atoms with Crippen molar-refractivity contribution in [1.82, 2.24) is 4.90 Å². The lowest BCUT2D eigenvalue weighted by Gasteiger charge is -2.10. The molecule has 1 rings (SSSR count). The van der Waals surface area contributed by atoms with Crippen LogP contribution in [0.5, 0.6) is 0 Å². The Morgan fingerprint density at radius 2 is 2.50 bits per heavy atom. The number of rotatable bonds is 0.